The molecular formula is C9H7ClFNO3. The Labute approximate surface area is 89.7 Å². The summed E-state index contributed by atoms with van der Waals surface area (Å²) in [5, 5.41) is 10.5. The number of carbonyl (C=O) groups excluding carboxylic acids is 1. The zero-order chi connectivity index (χ0) is 11.4. The van der Waals surface area contributed by atoms with Gasteiger partial charge in [0.15, 0.2) is 0 Å². The van der Waals surface area contributed by atoms with Gasteiger partial charge >= 0.3 is 12.1 Å². The molecule has 0 bridgehead atoms. The van der Waals surface area contributed by atoms with Crippen molar-refractivity contribution >= 4 is 23.7 Å². The molecule has 15 heavy (non-hydrogen) atoms. The largest absolute Gasteiger partial charge is 0.465 e. The molecule has 1 amide bonds. The van der Waals surface area contributed by atoms with E-state index < -0.39 is 18.2 Å². The second kappa shape index (κ2) is 4.75. The average Bonchev–Trinajstić information content (AvgIpc) is 2.13. The first kappa shape index (κ1) is 11.5. The highest BCUT2D eigenvalue weighted by Crippen LogP contribution is 2.18. The summed E-state index contributed by atoms with van der Waals surface area (Å²) in [4.78, 5) is 20.9. The Morgan fingerprint density at radius 1 is 1.47 bits per heavy atom. The van der Waals surface area contributed by atoms with Crippen molar-refractivity contribution in [2.75, 3.05) is 0 Å². The van der Waals surface area contributed by atoms with Crippen LogP contribution >= 0.6 is 11.6 Å². The van der Waals surface area contributed by atoms with E-state index >= 15 is 0 Å². The van der Waals surface area contributed by atoms with Gasteiger partial charge in [-0.25, -0.2) is 4.79 Å². The smallest absolute Gasteiger partial charge is 0.405 e. The van der Waals surface area contributed by atoms with Crippen molar-refractivity contribution in [2.45, 2.75) is 6.04 Å². The van der Waals surface area contributed by atoms with Crippen molar-refractivity contribution in [2.24, 2.45) is 0 Å². The third-order valence-electron chi connectivity index (χ3n) is 1.68. The van der Waals surface area contributed by atoms with Gasteiger partial charge in [0.25, 0.3) is 0 Å². The maximum absolute atomic E-state index is 12.5. The summed E-state index contributed by atoms with van der Waals surface area (Å²) >= 11 is 5.62. The minimum atomic E-state index is -1.78. The minimum absolute atomic E-state index is 0.164. The lowest BCUT2D eigenvalue weighted by atomic mass is 10.1. The van der Waals surface area contributed by atoms with E-state index in [4.69, 9.17) is 16.7 Å². The van der Waals surface area contributed by atoms with E-state index in [1.54, 1.807) is 5.32 Å². The summed E-state index contributed by atoms with van der Waals surface area (Å²) < 4.78 is 12.5. The Morgan fingerprint density at radius 3 is 2.60 bits per heavy atom. The number of carbonyl (C=O) groups is 2. The summed E-state index contributed by atoms with van der Waals surface area (Å²) in [5.41, 5.74) is 0.164. The number of rotatable bonds is 3. The molecular weight excluding hydrogens is 225 g/mol. The molecule has 2 N–H and O–H groups in total. The molecule has 80 valence electrons. The molecule has 0 saturated heterocycles. The molecule has 0 aromatic heterocycles. The molecule has 1 aromatic carbocycles. The number of carboxylic acid groups (broad SMARTS) is 1. The van der Waals surface area contributed by atoms with Gasteiger partial charge < -0.3 is 10.4 Å². The first-order valence-electron chi connectivity index (χ1n) is 3.95. The molecule has 0 aliphatic heterocycles. The highest BCUT2D eigenvalue weighted by molar-refractivity contribution is 6.30. The fourth-order valence-electron chi connectivity index (χ4n) is 1.08. The van der Waals surface area contributed by atoms with Crippen LogP contribution in [0.1, 0.15) is 11.6 Å². The molecule has 0 saturated carbocycles. The lowest BCUT2D eigenvalue weighted by Crippen LogP contribution is -2.30. The Balaban J connectivity index is 2.98. The monoisotopic (exact) mass is 231 g/mol. The molecule has 1 unspecified atom stereocenters. The van der Waals surface area contributed by atoms with Gasteiger partial charge in [-0.3, -0.25) is 4.79 Å². The third-order valence-corrected chi connectivity index (χ3v) is 1.91. The highest BCUT2D eigenvalue weighted by atomic mass is 35.5. The van der Waals surface area contributed by atoms with Crippen molar-refractivity contribution in [3.63, 3.8) is 0 Å². The number of amides is 1. The van der Waals surface area contributed by atoms with E-state index in [1.807, 2.05) is 0 Å². The molecule has 0 aliphatic carbocycles. The number of benzene rings is 1. The number of hydrogen-bond donors (Lipinski definition) is 2. The fourth-order valence-corrected chi connectivity index (χ4v) is 1.28. The van der Waals surface area contributed by atoms with E-state index in [-0.39, 0.29) is 5.56 Å². The average molecular weight is 232 g/mol. The van der Waals surface area contributed by atoms with Crippen LogP contribution < -0.4 is 5.32 Å². The standard InChI is InChI=1S/C9H7ClFNO3/c10-6-3-1-2-5(4-6)7(8(11)13)12-9(14)15/h1-4,7,12H,(H,14,15). The zero-order valence-electron chi connectivity index (χ0n) is 7.41. The van der Waals surface area contributed by atoms with Gasteiger partial charge in [0.2, 0.25) is 0 Å². The van der Waals surface area contributed by atoms with Crippen LogP contribution in [0, 0.1) is 0 Å². The van der Waals surface area contributed by atoms with Gasteiger partial charge in [-0.2, -0.15) is 4.39 Å². The van der Waals surface area contributed by atoms with Crippen molar-refractivity contribution in [1.29, 1.82) is 0 Å². The van der Waals surface area contributed by atoms with Crippen LogP contribution in [0.15, 0.2) is 24.3 Å². The van der Waals surface area contributed by atoms with Crippen LogP contribution in [0.3, 0.4) is 0 Å². The number of nitrogens with one attached hydrogen (secondary N) is 1. The van der Waals surface area contributed by atoms with Crippen molar-refractivity contribution < 1.29 is 19.1 Å². The van der Waals surface area contributed by atoms with Crippen molar-refractivity contribution in [3.8, 4) is 0 Å². The van der Waals surface area contributed by atoms with Gasteiger partial charge in [-0.1, -0.05) is 23.7 Å². The van der Waals surface area contributed by atoms with E-state index in [2.05, 4.69) is 0 Å². The van der Waals surface area contributed by atoms with Crippen LogP contribution in [0.5, 0.6) is 0 Å². The summed E-state index contributed by atoms with van der Waals surface area (Å²) in [5.74, 6) is 0. The molecule has 0 heterocycles. The summed E-state index contributed by atoms with van der Waals surface area (Å²) in [6.45, 7) is 0. The lowest BCUT2D eigenvalue weighted by Gasteiger charge is -2.11. The first-order valence-corrected chi connectivity index (χ1v) is 4.33. The molecule has 0 aliphatic rings. The Bertz CT molecular complexity index is 397. The molecule has 0 spiro atoms. The predicted octanol–water partition coefficient (Wildman–Crippen LogP) is 2.14. The van der Waals surface area contributed by atoms with Crippen molar-refractivity contribution in [1.82, 2.24) is 5.32 Å². The zero-order valence-corrected chi connectivity index (χ0v) is 8.16. The maximum Gasteiger partial charge on any atom is 0.405 e. The van der Waals surface area contributed by atoms with Crippen LogP contribution in [0.4, 0.5) is 9.18 Å². The molecule has 1 aromatic rings. The maximum atomic E-state index is 12.5. The molecule has 6 heteroatoms. The highest BCUT2D eigenvalue weighted by Gasteiger charge is 2.22. The molecule has 0 radical (unpaired) electrons. The molecule has 4 nitrogen and oxygen atoms in total. The van der Waals surface area contributed by atoms with Crippen molar-refractivity contribution in [3.05, 3.63) is 34.9 Å². The topological polar surface area (TPSA) is 66.4 Å². The predicted molar refractivity (Wildman–Crippen MR) is 51.5 cm³/mol. The van der Waals surface area contributed by atoms with Gasteiger partial charge in [0.05, 0.1) is 0 Å². The Kier molecular flexibility index (Phi) is 3.62. The Hall–Kier alpha value is -1.62. The van der Waals surface area contributed by atoms with Crippen LogP contribution in [-0.2, 0) is 4.79 Å². The quantitative estimate of drug-likeness (QED) is 0.784. The van der Waals surface area contributed by atoms with Gasteiger partial charge in [0, 0.05) is 5.02 Å². The number of hydrogen-bond acceptors (Lipinski definition) is 2. The summed E-state index contributed by atoms with van der Waals surface area (Å²) in [6.07, 6.45) is -1.48. The minimum Gasteiger partial charge on any atom is -0.465 e. The summed E-state index contributed by atoms with van der Waals surface area (Å²) in [7, 11) is 0. The van der Waals surface area contributed by atoms with E-state index in [1.165, 1.54) is 24.3 Å². The van der Waals surface area contributed by atoms with Gasteiger partial charge in [0.1, 0.15) is 6.04 Å². The number of halogens is 2. The third kappa shape index (κ3) is 3.21. The summed E-state index contributed by atoms with van der Waals surface area (Å²) in [6, 6.07) is 2.45. The molecule has 1 rings (SSSR count). The van der Waals surface area contributed by atoms with Crippen LogP contribution in [0.2, 0.25) is 5.02 Å². The van der Waals surface area contributed by atoms with Crippen LogP contribution in [-0.4, -0.2) is 17.2 Å². The van der Waals surface area contributed by atoms with E-state index in [9.17, 15) is 14.0 Å². The second-order valence-electron chi connectivity index (χ2n) is 2.74. The Morgan fingerprint density at radius 2 is 2.13 bits per heavy atom. The van der Waals surface area contributed by atoms with E-state index in [0.717, 1.165) is 0 Å². The normalized spacial score (nSPS) is 11.9. The SMILES string of the molecule is O=C(O)NC(C(=O)F)c1cccc(Cl)c1. The van der Waals surface area contributed by atoms with Crippen LogP contribution in [0.25, 0.3) is 0 Å². The molecule has 1 atom stereocenters. The first-order chi connectivity index (χ1) is 7.00. The lowest BCUT2D eigenvalue weighted by molar-refractivity contribution is -0.131. The fraction of sp³-hybridized carbons (Fsp3) is 0.111. The second-order valence-corrected chi connectivity index (χ2v) is 3.18. The van der Waals surface area contributed by atoms with Gasteiger partial charge in [-0.05, 0) is 17.7 Å². The van der Waals surface area contributed by atoms with Gasteiger partial charge in [-0.15, -0.1) is 0 Å². The molecule has 0 fully saturated rings. The van der Waals surface area contributed by atoms with E-state index in [0.29, 0.717) is 5.02 Å².